The van der Waals surface area contributed by atoms with Gasteiger partial charge in [-0.3, -0.25) is 4.79 Å². The Morgan fingerprint density at radius 2 is 1.56 bits per heavy atom. The van der Waals surface area contributed by atoms with E-state index in [1.807, 2.05) is 30.3 Å². The average Bonchev–Trinajstić information content (AvgIpc) is 2.72. The molecule has 0 bridgehead atoms. The summed E-state index contributed by atoms with van der Waals surface area (Å²) in [4.78, 5) is 13.1. The molecular weight excluding hydrogens is 330 g/mol. The predicted octanol–water partition coefficient (Wildman–Crippen LogP) is 5.39. The average molecular weight is 355 g/mol. The summed E-state index contributed by atoms with van der Waals surface area (Å²) in [5.74, 6) is -0.0151. The lowest BCUT2D eigenvalue weighted by Gasteiger charge is -2.21. The van der Waals surface area contributed by atoms with Gasteiger partial charge < -0.3 is 5.32 Å². The minimum absolute atomic E-state index is 0.0151. The number of rotatable bonds is 4. The van der Waals surface area contributed by atoms with Crippen LogP contribution in [-0.4, -0.2) is 5.91 Å². The van der Waals surface area contributed by atoms with Crippen molar-refractivity contribution in [1.29, 1.82) is 0 Å². The van der Waals surface area contributed by atoms with Crippen molar-refractivity contribution in [2.45, 2.75) is 38.6 Å². The van der Waals surface area contributed by atoms with Crippen LogP contribution in [0.3, 0.4) is 0 Å². The predicted molar refractivity (Wildman–Crippen MR) is 110 cm³/mol. The van der Waals surface area contributed by atoms with Crippen LogP contribution in [0.2, 0.25) is 0 Å². The van der Waals surface area contributed by atoms with Crippen molar-refractivity contribution in [3.05, 3.63) is 106 Å². The van der Waals surface area contributed by atoms with Gasteiger partial charge in [-0.05, 0) is 67.0 Å². The lowest BCUT2D eigenvalue weighted by Crippen LogP contribution is -2.29. The number of fused-ring (bicyclic) bond motifs is 1. The highest BCUT2D eigenvalue weighted by Crippen LogP contribution is 2.25. The second kappa shape index (κ2) is 7.79. The zero-order valence-electron chi connectivity index (χ0n) is 15.7. The Hall–Kier alpha value is -2.87. The van der Waals surface area contributed by atoms with E-state index in [1.165, 1.54) is 29.5 Å². The van der Waals surface area contributed by atoms with Gasteiger partial charge >= 0.3 is 0 Å². The second-order valence-corrected chi connectivity index (χ2v) is 7.42. The normalized spacial score (nSPS) is 14.3. The van der Waals surface area contributed by atoms with Crippen molar-refractivity contribution in [1.82, 2.24) is 5.32 Å². The molecule has 0 radical (unpaired) electrons. The number of carbonyl (C=O) groups is 1. The van der Waals surface area contributed by atoms with Gasteiger partial charge in [0.25, 0.3) is 5.91 Å². The van der Waals surface area contributed by atoms with Gasteiger partial charge in [-0.15, -0.1) is 0 Å². The van der Waals surface area contributed by atoms with Gasteiger partial charge in [0.15, 0.2) is 0 Å². The minimum Gasteiger partial charge on any atom is -0.341 e. The molecule has 0 aliphatic heterocycles. The number of carbonyl (C=O) groups excluding carboxylic acids is 1. The molecule has 136 valence electrons. The molecule has 0 saturated heterocycles. The molecule has 0 fully saturated rings. The first-order valence-corrected chi connectivity index (χ1v) is 9.75. The van der Waals surface area contributed by atoms with Gasteiger partial charge in [0.1, 0.15) is 0 Å². The Morgan fingerprint density at radius 3 is 2.33 bits per heavy atom. The lowest BCUT2D eigenvalue weighted by molar-refractivity contribution is 0.0943. The van der Waals surface area contributed by atoms with E-state index in [2.05, 4.69) is 54.7 Å². The number of benzene rings is 3. The van der Waals surface area contributed by atoms with E-state index < -0.39 is 0 Å². The van der Waals surface area contributed by atoms with Crippen LogP contribution in [0.25, 0.3) is 0 Å². The summed E-state index contributed by atoms with van der Waals surface area (Å²) in [7, 11) is 0. The fourth-order valence-electron chi connectivity index (χ4n) is 3.94. The van der Waals surface area contributed by atoms with E-state index in [-0.39, 0.29) is 11.9 Å². The summed E-state index contributed by atoms with van der Waals surface area (Å²) < 4.78 is 0. The first-order valence-electron chi connectivity index (χ1n) is 9.75. The van der Waals surface area contributed by atoms with E-state index in [4.69, 9.17) is 0 Å². The monoisotopic (exact) mass is 355 g/mol. The molecule has 1 atom stereocenters. The largest absolute Gasteiger partial charge is 0.341 e. The fraction of sp³-hybridized carbons (Fsp3) is 0.240. The summed E-state index contributed by atoms with van der Waals surface area (Å²) in [5.41, 5.74) is 6.87. The molecule has 0 saturated carbocycles. The van der Waals surface area contributed by atoms with Gasteiger partial charge in [-0.1, -0.05) is 66.2 Å². The summed E-state index contributed by atoms with van der Waals surface area (Å²) in [6.45, 7) is 2.08. The maximum absolute atomic E-state index is 13.1. The molecule has 1 amide bonds. The zero-order valence-corrected chi connectivity index (χ0v) is 15.7. The quantitative estimate of drug-likeness (QED) is 0.667. The smallest absolute Gasteiger partial charge is 0.252 e. The Bertz CT molecular complexity index is 946. The highest BCUT2D eigenvalue weighted by molar-refractivity contribution is 5.95. The van der Waals surface area contributed by atoms with Gasteiger partial charge in [0.05, 0.1) is 6.04 Å². The molecule has 0 unspecified atom stereocenters. The second-order valence-electron chi connectivity index (χ2n) is 7.42. The van der Waals surface area contributed by atoms with Gasteiger partial charge in [-0.25, -0.2) is 0 Å². The van der Waals surface area contributed by atoms with E-state index in [9.17, 15) is 4.79 Å². The zero-order chi connectivity index (χ0) is 18.6. The standard InChI is InChI=1S/C25H25NO/c1-18-8-7-13-22(16-18)24(20-10-3-2-4-11-20)26-25(27)23-15-14-19-9-5-6-12-21(19)17-23/h2-4,7-8,10-11,13-17,24H,5-6,9,12H2,1H3,(H,26,27)/t24-/m1/s1. The van der Waals surface area contributed by atoms with Crippen LogP contribution in [-0.2, 0) is 12.8 Å². The lowest BCUT2D eigenvalue weighted by atomic mass is 9.90. The molecule has 0 heterocycles. The molecule has 4 rings (SSSR count). The topological polar surface area (TPSA) is 29.1 Å². The van der Waals surface area contributed by atoms with E-state index >= 15 is 0 Å². The van der Waals surface area contributed by atoms with Gasteiger partial charge in [-0.2, -0.15) is 0 Å². The first-order chi connectivity index (χ1) is 13.2. The maximum Gasteiger partial charge on any atom is 0.252 e. The summed E-state index contributed by atoms with van der Waals surface area (Å²) in [6.07, 6.45) is 4.68. The van der Waals surface area contributed by atoms with E-state index in [0.29, 0.717) is 0 Å². The summed E-state index contributed by atoms with van der Waals surface area (Å²) >= 11 is 0. The van der Waals surface area contributed by atoms with Crippen molar-refractivity contribution in [3.63, 3.8) is 0 Å². The molecule has 3 aromatic rings. The molecule has 0 spiro atoms. The number of hydrogen-bond acceptors (Lipinski definition) is 1. The highest BCUT2D eigenvalue weighted by atomic mass is 16.1. The number of aryl methyl sites for hydroxylation is 3. The van der Waals surface area contributed by atoms with Crippen LogP contribution in [0.1, 0.15) is 57.1 Å². The molecule has 1 N–H and O–H groups in total. The first kappa shape index (κ1) is 17.5. The molecule has 1 aliphatic rings. The van der Waals surface area contributed by atoms with Crippen LogP contribution in [0, 0.1) is 6.92 Å². The molecular formula is C25H25NO. The molecule has 2 heteroatoms. The third-order valence-electron chi connectivity index (χ3n) is 5.39. The van der Waals surface area contributed by atoms with Gasteiger partial charge in [0.2, 0.25) is 0 Å². The maximum atomic E-state index is 13.1. The third kappa shape index (κ3) is 3.95. The van der Waals surface area contributed by atoms with Crippen molar-refractivity contribution in [2.24, 2.45) is 0 Å². The van der Waals surface area contributed by atoms with Crippen molar-refractivity contribution in [3.8, 4) is 0 Å². The summed E-state index contributed by atoms with van der Waals surface area (Å²) in [6, 6.07) is 24.6. The Labute approximate surface area is 161 Å². The van der Waals surface area contributed by atoms with Crippen molar-refractivity contribution in [2.75, 3.05) is 0 Å². The minimum atomic E-state index is -0.158. The van der Waals surface area contributed by atoms with Crippen molar-refractivity contribution >= 4 is 5.91 Å². The van der Waals surface area contributed by atoms with Crippen LogP contribution >= 0.6 is 0 Å². The third-order valence-corrected chi connectivity index (χ3v) is 5.39. The fourth-order valence-corrected chi connectivity index (χ4v) is 3.94. The van der Waals surface area contributed by atoms with E-state index in [0.717, 1.165) is 29.5 Å². The van der Waals surface area contributed by atoms with E-state index in [1.54, 1.807) is 0 Å². The van der Waals surface area contributed by atoms with Gasteiger partial charge in [0, 0.05) is 5.56 Å². The number of hydrogen-bond donors (Lipinski definition) is 1. The Morgan fingerprint density at radius 1 is 0.815 bits per heavy atom. The Kier molecular flexibility index (Phi) is 5.06. The highest BCUT2D eigenvalue weighted by Gasteiger charge is 2.19. The number of nitrogens with one attached hydrogen (secondary N) is 1. The molecule has 3 aromatic carbocycles. The van der Waals surface area contributed by atoms with Crippen LogP contribution in [0.15, 0.2) is 72.8 Å². The van der Waals surface area contributed by atoms with Crippen LogP contribution in [0.4, 0.5) is 0 Å². The molecule has 1 aliphatic carbocycles. The summed E-state index contributed by atoms with van der Waals surface area (Å²) in [5, 5.41) is 3.26. The van der Waals surface area contributed by atoms with Crippen LogP contribution in [0.5, 0.6) is 0 Å². The SMILES string of the molecule is Cc1cccc([C@H](NC(=O)c2ccc3c(c2)CCCC3)c2ccccc2)c1. The molecule has 27 heavy (non-hydrogen) atoms. The number of amides is 1. The molecule has 2 nitrogen and oxygen atoms in total. The van der Waals surface area contributed by atoms with Crippen molar-refractivity contribution < 1.29 is 4.79 Å². The van der Waals surface area contributed by atoms with Crippen LogP contribution < -0.4 is 5.32 Å². The molecule has 0 aromatic heterocycles. The Balaban J connectivity index is 1.64.